The number of hydrogen-bond acceptors (Lipinski definition) is 5. The van der Waals surface area contributed by atoms with Gasteiger partial charge in [0.1, 0.15) is 0 Å². The van der Waals surface area contributed by atoms with Gasteiger partial charge in [0.25, 0.3) is 0 Å². The van der Waals surface area contributed by atoms with Crippen LogP contribution in [0.2, 0.25) is 5.02 Å². The zero-order chi connectivity index (χ0) is 15.5. The molecule has 1 aromatic heterocycles. The molecule has 5 nitrogen and oxygen atoms in total. The lowest BCUT2D eigenvalue weighted by Gasteiger charge is -2.08. The summed E-state index contributed by atoms with van der Waals surface area (Å²) < 4.78 is 26.8. The summed E-state index contributed by atoms with van der Waals surface area (Å²) in [5, 5.41) is 12.1. The number of sulfonamides is 1. The molecule has 0 aliphatic carbocycles. The van der Waals surface area contributed by atoms with Gasteiger partial charge in [0, 0.05) is 23.4 Å². The van der Waals surface area contributed by atoms with Gasteiger partial charge in [0.05, 0.1) is 22.2 Å². The summed E-state index contributed by atoms with van der Waals surface area (Å²) in [6, 6.07) is 4.26. The highest BCUT2D eigenvalue weighted by atomic mass is 35.5. The van der Waals surface area contributed by atoms with Gasteiger partial charge < -0.3 is 5.11 Å². The van der Waals surface area contributed by atoms with Crippen molar-refractivity contribution < 1.29 is 13.5 Å². The maximum Gasteiger partial charge on any atom is 0.240 e. The van der Waals surface area contributed by atoms with Crippen LogP contribution in [-0.2, 0) is 23.1 Å². The fraction of sp³-hybridized carbons (Fsp3) is 0.308. The van der Waals surface area contributed by atoms with E-state index in [0.717, 1.165) is 10.7 Å². The minimum Gasteiger partial charge on any atom is -0.392 e. The Labute approximate surface area is 132 Å². The minimum absolute atomic E-state index is 0.0826. The number of aryl methyl sites for hydroxylation is 1. The summed E-state index contributed by atoms with van der Waals surface area (Å²) in [7, 11) is -3.61. The topological polar surface area (TPSA) is 79.3 Å². The second-order valence-corrected chi connectivity index (χ2v) is 7.65. The number of thiazole rings is 1. The third kappa shape index (κ3) is 4.24. The summed E-state index contributed by atoms with van der Waals surface area (Å²) in [6.07, 6.45) is 0.534. The molecule has 0 spiro atoms. The Hall–Kier alpha value is -0.990. The number of aliphatic hydroxyl groups is 1. The van der Waals surface area contributed by atoms with Crippen LogP contribution in [0.5, 0.6) is 0 Å². The molecule has 1 heterocycles. The van der Waals surface area contributed by atoms with Crippen molar-refractivity contribution in [1.29, 1.82) is 0 Å². The maximum atomic E-state index is 12.1. The van der Waals surface area contributed by atoms with Crippen molar-refractivity contribution in [1.82, 2.24) is 9.71 Å². The predicted molar refractivity (Wildman–Crippen MR) is 83.1 cm³/mol. The molecule has 21 heavy (non-hydrogen) atoms. The van der Waals surface area contributed by atoms with Gasteiger partial charge in [0.15, 0.2) is 0 Å². The quantitative estimate of drug-likeness (QED) is 0.839. The second-order valence-electron chi connectivity index (χ2n) is 4.42. The highest BCUT2D eigenvalue weighted by molar-refractivity contribution is 7.89. The van der Waals surface area contributed by atoms with Crippen LogP contribution in [0, 0.1) is 6.92 Å². The van der Waals surface area contributed by atoms with Crippen molar-refractivity contribution in [3.05, 3.63) is 44.9 Å². The minimum atomic E-state index is -3.61. The number of aliphatic hydroxyl groups excluding tert-OH is 1. The number of halogens is 1. The van der Waals surface area contributed by atoms with Gasteiger partial charge in [-0.05, 0) is 24.6 Å². The predicted octanol–water partition coefficient (Wildman–Crippen LogP) is 2.12. The highest BCUT2D eigenvalue weighted by Crippen LogP contribution is 2.20. The normalized spacial score (nSPS) is 11.8. The third-order valence-corrected chi connectivity index (χ3v) is 5.48. The fourth-order valence-corrected chi connectivity index (χ4v) is 3.75. The van der Waals surface area contributed by atoms with E-state index in [1.807, 2.05) is 12.3 Å². The largest absolute Gasteiger partial charge is 0.392 e. The van der Waals surface area contributed by atoms with Gasteiger partial charge in [-0.15, -0.1) is 11.3 Å². The molecule has 0 saturated carbocycles. The van der Waals surface area contributed by atoms with Crippen LogP contribution in [-0.4, -0.2) is 25.1 Å². The molecule has 0 amide bonds. The van der Waals surface area contributed by atoms with Crippen molar-refractivity contribution in [2.75, 3.05) is 6.54 Å². The van der Waals surface area contributed by atoms with E-state index in [9.17, 15) is 8.42 Å². The lowest BCUT2D eigenvalue weighted by atomic mass is 10.2. The molecule has 0 aliphatic heterocycles. The van der Waals surface area contributed by atoms with Crippen molar-refractivity contribution in [2.24, 2.45) is 0 Å². The zero-order valence-corrected chi connectivity index (χ0v) is 13.7. The molecule has 0 radical (unpaired) electrons. The van der Waals surface area contributed by atoms with E-state index >= 15 is 0 Å². The van der Waals surface area contributed by atoms with E-state index in [2.05, 4.69) is 9.71 Å². The Bertz CT molecular complexity index is 729. The van der Waals surface area contributed by atoms with Crippen molar-refractivity contribution in [3.63, 3.8) is 0 Å². The van der Waals surface area contributed by atoms with E-state index in [0.29, 0.717) is 12.0 Å². The highest BCUT2D eigenvalue weighted by Gasteiger charge is 2.15. The number of benzene rings is 1. The van der Waals surface area contributed by atoms with Crippen LogP contribution in [0.4, 0.5) is 0 Å². The first-order valence-corrected chi connectivity index (χ1v) is 8.96. The van der Waals surface area contributed by atoms with Gasteiger partial charge in [-0.25, -0.2) is 18.1 Å². The third-order valence-electron chi connectivity index (χ3n) is 2.84. The molecule has 0 unspecified atom stereocenters. The van der Waals surface area contributed by atoms with Crippen molar-refractivity contribution in [3.8, 4) is 0 Å². The fourth-order valence-electron chi connectivity index (χ4n) is 1.74. The van der Waals surface area contributed by atoms with Crippen LogP contribution in [0.15, 0.2) is 28.5 Å². The molecule has 2 aromatic rings. The van der Waals surface area contributed by atoms with Crippen LogP contribution in [0.3, 0.4) is 0 Å². The Morgan fingerprint density at radius 1 is 1.43 bits per heavy atom. The van der Waals surface area contributed by atoms with E-state index < -0.39 is 10.0 Å². The average Bonchev–Trinajstić information content (AvgIpc) is 2.84. The monoisotopic (exact) mass is 346 g/mol. The Kier molecular flexibility index (Phi) is 5.34. The second kappa shape index (κ2) is 6.85. The molecule has 114 valence electrons. The smallest absolute Gasteiger partial charge is 0.240 e. The summed E-state index contributed by atoms with van der Waals surface area (Å²) in [4.78, 5) is 4.36. The number of nitrogens with zero attached hydrogens (tertiary/aromatic N) is 1. The molecule has 0 aliphatic rings. The van der Waals surface area contributed by atoms with Crippen LogP contribution in [0.25, 0.3) is 0 Å². The van der Waals surface area contributed by atoms with E-state index in [1.165, 1.54) is 29.5 Å². The number of rotatable bonds is 6. The summed E-state index contributed by atoms with van der Waals surface area (Å²) >= 11 is 7.44. The summed E-state index contributed by atoms with van der Waals surface area (Å²) in [5.41, 5.74) is 1.36. The van der Waals surface area contributed by atoms with Crippen molar-refractivity contribution >= 4 is 33.0 Å². The average molecular weight is 347 g/mol. The molecule has 0 bridgehead atoms. The van der Waals surface area contributed by atoms with Gasteiger partial charge >= 0.3 is 0 Å². The standard InChI is InChI=1S/C13H15ClN2O3S2/c1-9-16-11(8-20-9)4-5-15-21(18,19)12-3-2-10(7-17)13(14)6-12/h2-3,6,8,15,17H,4-5,7H2,1H3. The van der Waals surface area contributed by atoms with Gasteiger partial charge in [-0.1, -0.05) is 17.7 Å². The van der Waals surface area contributed by atoms with Crippen LogP contribution in [0.1, 0.15) is 16.3 Å². The molecule has 8 heteroatoms. The van der Waals surface area contributed by atoms with E-state index in [4.69, 9.17) is 16.7 Å². The Morgan fingerprint density at radius 2 is 2.19 bits per heavy atom. The lowest BCUT2D eigenvalue weighted by Crippen LogP contribution is -2.26. The first kappa shape index (κ1) is 16.4. The molecule has 0 atom stereocenters. The number of hydrogen-bond donors (Lipinski definition) is 2. The van der Waals surface area contributed by atoms with Gasteiger partial charge in [-0.2, -0.15) is 0 Å². The molecule has 0 fully saturated rings. The molecule has 0 saturated heterocycles. The SMILES string of the molecule is Cc1nc(CCNS(=O)(=O)c2ccc(CO)c(Cl)c2)cs1. The number of nitrogens with one attached hydrogen (secondary N) is 1. The molecule has 1 aromatic carbocycles. The Balaban J connectivity index is 2.02. The van der Waals surface area contributed by atoms with Gasteiger partial charge in [0.2, 0.25) is 10.0 Å². The first-order valence-electron chi connectivity index (χ1n) is 6.22. The van der Waals surface area contributed by atoms with Crippen LogP contribution < -0.4 is 4.72 Å². The van der Waals surface area contributed by atoms with E-state index in [-0.39, 0.29) is 23.1 Å². The van der Waals surface area contributed by atoms with Crippen molar-refractivity contribution in [2.45, 2.75) is 24.8 Å². The summed E-state index contributed by atoms with van der Waals surface area (Å²) in [6.45, 7) is 1.95. The first-order chi connectivity index (χ1) is 9.92. The maximum absolute atomic E-state index is 12.1. The Morgan fingerprint density at radius 3 is 2.76 bits per heavy atom. The zero-order valence-electron chi connectivity index (χ0n) is 11.3. The van der Waals surface area contributed by atoms with Crippen LogP contribution >= 0.6 is 22.9 Å². The number of aromatic nitrogens is 1. The van der Waals surface area contributed by atoms with Gasteiger partial charge in [-0.3, -0.25) is 0 Å². The molecule has 2 N–H and O–H groups in total. The molecular weight excluding hydrogens is 332 g/mol. The molecular formula is C13H15ClN2O3S2. The lowest BCUT2D eigenvalue weighted by molar-refractivity contribution is 0.282. The summed E-state index contributed by atoms with van der Waals surface area (Å²) in [5.74, 6) is 0. The molecule has 2 rings (SSSR count). The van der Waals surface area contributed by atoms with E-state index in [1.54, 1.807) is 0 Å².